The average Bonchev–Trinajstić information content (AvgIpc) is 3.39. The number of nitrogens with one attached hydrogen (secondary N) is 1. The number of piperidine rings is 1. The summed E-state index contributed by atoms with van der Waals surface area (Å²) in [4.78, 5) is 15.3. The van der Waals surface area contributed by atoms with Crippen LogP contribution in [0.4, 0.5) is 0 Å². The van der Waals surface area contributed by atoms with Crippen LogP contribution in [-0.2, 0) is 0 Å². The Morgan fingerprint density at radius 3 is 2.64 bits per heavy atom. The van der Waals surface area contributed by atoms with Crippen molar-refractivity contribution < 1.29 is 9.21 Å². The van der Waals surface area contributed by atoms with Gasteiger partial charge in [-0.15, -0.1) is 0 Å². The van der Waals surface area contributed by atoms with Crippen molar-refractivity contribution in [3.8, 4) is 17.1 Å². The Hall–Kier alpha value is -2.86. The zero-order valence-electron chi connectivity index (χ0n) is 16.2. The molecular weight excluding hydrogens is 352 g/mol. The van der Waals surface area contributed by atoms with E-state index < -0.39 is 0 Å². The van der Waals surface area contributed by atoms with Gasteiger partial charge in [0.1, 0.15) is 11.4 Å². The number of aromatic nitrogens is 2. The number of furan rings is 1. The molecule has 0 spiro atoms. The van der Waals surface area contributed by atoms with Crippen molar-refractivity contribution in [2.24, 2.45) is 0 Å². The highest BCUT2D eigenvalue weighted by atomic mass is 16.3. The van der Waals surface area contributed by atoms with Crippen LogP contribution in [0.25, 0.3) is 17.1 Å². The van der Waals surface area contributed by atoms with Gasteiger partial charge in [0.2, 0.25) is 0 Å². The molecule has 28 heavy (non-hydrogen) atoms. The first-order chi connectivity index (χ1) is 13.7. The molecule has 3 heterocycles. The van der Waals surface area contributed by atoms with E-state index in [0.717, 1.165) is 30.9 Å². The molecule has 4 rings (SSSR count). The third-order valence-electron chi connectivity index (χ3n) is 5.16. The molecule has 6 nitrogen and oxygen atoms in total. The molecule has 6 heteroatoms. The molecular formula is C22H26N4O2. The van der Waals surface area contributed by atoms with Crippen molar-refractivity contribution in [3.63, 3.8) is 0 Å². The van der Waals surface area contributed by atoms with E-state index in [2.05, 4.69) is 15.3 Å². The van der Waals surface area contributed by atoms with E-state index >= 15 is 0 Å². The fourth-order valence-electron chi connectivity index (χ4n) is 3.57. The van der Waals surface area contributed by atoms with Gasteiger partial charge in [0.05, 0.1) is 12.0 Å². The lowest BCUT2D eigenvalue weighted by atomic mass is 10.1. The number of amides is 1. The lowest BCUT2D eigenvalue weighted by molar-refractivity contribution is 0.0939. The summed E-state index contributed by atoms with van der Waals surface area (Å²) in [7, 11) is 0. The van der Waals surface area contributed by atoms with Gasteiger partial charge in [0, 0.05) is 19.2 Å². The molecule has 1 aliphatic rings. The predicted octanol–water partition coefficient (Wildman–Crippen LogP) is 3.66. The highest BCUT2D eigenvalue weighted by Gasteiger charge is 2.19. The Labute approximate surface area is 165 Å². The van der Waals surface area contributed by atoms with Crippen LogP contribution in [0.15, 0.2) is 53.1 Å². The highest BCUT2D eigenvalue weighted by Crippen LogP contribution is 2.22. The van der Waals surface area contributed by atoms with Crippen molar-refractivity contribution in [2.75, 3.05) is 26.2 Å². The van der Waals surface area contributed by atoms with E-state index in [9.17, 15) is 4.79 Å². The minimum absolute atomic E-state index is 0.122. The normalized spacial score (nSPS) is 14.9. The molecule has 2 aromatic heterocycles. The minimum Gasteiger partial charge on any atom is -0.463 e. The number of likely N-dealkylation sites (tertiary alicyclic amines) is 1. The predicted molar refractivity (Wildman–Crippen MR) is 109 cm³/mol. The van der Waals surface area contributed by atoms with Crippen molar-refractivity contribution in [3.05, 3.63) is 60.0 Å². The van der Waals surface area contributed by atoms with Gasteiger partial charge in [-0.05, 0) is 57.1 Å². The molecule has 0 unspecified atom stereocenters. The van der Waals surface area contributed by atoms with Crippen molar-refractivity contribution in [2.45, 2.75) is 26.2 Å². The molecule has 1 aromatic carbocycles. The fourth-order valence-corrected chi connectivity index (χ4v) is 3.57. The topological polar surface area (TPSA) is 63.3 Å². The van der Waals surface area contributed by atoms with Crippen molar-refractivity contribution in [1.29, 1.82) is 0 Å². The van der Waals surface area contributed by atoms with Crippen LogP contribution < -0.4 is 5.32 Å². The summed E-state index contributed by atoms with van der Waals surface area (Å²) in [6.45, 7) is 5.80. The third-order valence-corrected chi connectivity index (χ3v) is 5.16. The lowest BCUT2D eigenvalue weighted by Crippen LogP contribution is -2.38. The summed E-state index contributed by atoms with van der Waals surface area (Å²) >= 11 is 0. The maximum absolute atomic E-state index is 12.9. The van der Waals surface area contributed by atoms with E-state index in [1.54, 1.807) is 17.0 Å². The Kier molecular flexibility index (Phi) is 5.58. The molecule has 1 aliphatic heterocycles. The van der Waals surface area contributed by atoms with Crippen LogP contribution in [0, 0.1) is 6.92 Å². The number of aryl methyl sites for hydroxylation is 1. The number of hydrogen-bond donors (Lipinski definition) is 1. The molecule has 1 amide bonds. The van der Waals surface area contributed by atoms with E-state index in [1.165, 1.54) is 19.3 Å². The molecule has 0 atom stereocenters. The van der Waals surface area contributed by atoms with Crippen molar-refractivity contribution in [1.82, 2.24) is 20.0 Å². The molecule has 1 fully saturated rings. The second-order valence-corrected chi connectivity index (χ2v) is 7.30. The van der Waals surface area contributed by atoms with Gasteiger partial charge in [-0.2, -0.15) is 5.10 Å². The Balaban J connectivity index is 1.53. The monoisotopic (exact) mass is 378 g/mol. The fraction of sp³-hybridized carbons (Fsp3) is 0.364. The smallest absolute Gasteiger partial charge is 0.270 e. The number of hydrogen-bond acceptors (Lipinski definition) is 4. The first-order valence-electron chi connectivity index (χ1n) is 9.92. The summed E-state index contributed by atoms with van der Waals surface area (Å²) in [5.41, 5.74) is 3.17. The molecule has 1 saturated heterocycles. The largest absolute Gasteiger partial charge is 0.463 e. The van der Waals surface area contributed by atoms with E-state index in [-0.39, 0.29) is 5.91 Å². The molecule has 1 N–H and O–H groups in total. The van der Waals surface area contributed by atoms with Crippen LogP contribution in [0.3, 0.4) is 0 Å². The Morgan fingerprint density at radius 2 is 1.93 bits per heavy atom. The number of nitrogens with zero attached hydrogens (tertiary/aromatic N) is 3. The maximum Gasteiger partial charge on any atom is 0.270 e. The first kappa shape index (κ1) is 18.5. The van der Waals surface area contributed by atoms with Gasteiger partial charge in [-0.1, -0.05) is 24.1 Å². The van der Waals surface area contributed by atoms with Gasteiger partial charge in [0.15, 0.2) is 5.76 Å². The van der Waals surface area contributed by atoms with Crippen LogP contribution in [-0.4, -0.2) is 46.8 Å². The average molecular weight is 378 g/mol. The minimum atomic E-state index is -0.122. The van der Waals surface area contributed by atoms with Gasteiger partial charge in [0.25, 0.3) is 5.91 Å². The van der Waals surface area contributed by atoms with E-state index in [1.807, 2.05) is 43.3 Å². The number of carbonyl (C=O) groups is 1. The molecule has 0 radical (unpaired) electrons. The zero-order valence-corrected chi connectivity index (χ0v) is 16.2. The van der Waals surface area contributed by atoms with Crippen LogP contribution in [0.5, 0.6) is 0 Å². The number of carbonyl (C=O) groups excluding carboxylic acids is 1. The summed E-state index contributed by atoms with van der Waals surface area (Å²) < 4.78 is 7.16. The quantitative estimate of drug-likeness (QED) is 0.711. The van der Waals surface area contributed by atoms with E-state index in [0.29, 0.717) is 23.7 Å². The molecule has 0 bridgehead atoms. The first-order valence-corrected chi connectivity index (χ1v) is 9.92. The third kappa shape index (κ3) is 4.17. The summed E-state index contributed by atoms with van der Waals surface area (Å²) in [6, 6.07) is 13.4. The van der Waals surface area contributed by atoms with E-state index in [4.69, 9.17) is 4.42 Å². The summed E-state index contributed by atoms with van der Waals surface area (Å²) in [6.07, 6.45) is 5.42. The van der Waals surface area contributed by atoms with Crippen LogP contribution >= 0.6 is 0 Å². The van der Waals surface area contributed by atoms with Gasteiger partial charge in [-0.3, -0.25) is 4.79 Å². The summed E-state index contributed by atoms with van der Waals surface area (Å²) in [5, 5.41) is 7.68. The van der Waals surface area contributed by atoms with Crippen LogP contribution in [0.1, 0.15) is 35.3 Å². The number of rotatable bonds is 6. The van der Waals surface area contributed by atoms with Crippen LogP contribution in [0.2, 0.25) is 0 Å². The van der Waals surface area contributed by atoms with Crippen molar-refractivity contribution >= 4 is 5.91 Å². The van der Waals surface area contributed by atoms with Gasteiger partial charge in [-0.25, -0.2) is 4.68 Å². The highest BCUT2D eigenvalue weighted by molar-refractivity contribution is 5.94. The molecule has 0 aliphatic carbocycles. The maximum atomic E-state index is 12.9. The molecule has 0 saturated carbocycles. The zero-order chi connectivity index (χ0) is 19.3. The standard InChI is InChI=1S/C22H26N4O2/c1-17-7-9-18(10-8-17)26-20(16-19(24-26)21-6-5-15-28-21)22(27)23-11-14-25-12-3-2-4-13-25/h5-10,15-16H,2-4,11-14H2,1H3,(H,23,27). The summed E-state index contributed by atoms with van der Waals surface area (Å²) in [5.74, 6) is 0.524. The second-order valence-electron chi connectivity index (χ2n) is 7.30. The van der Waals surface area contributed by atoms with Gasteiger partial charge >= 0.3 is 0 Å². The number of benzene rings is 1. The second kappa shape index (κ2) is 8.44. The Bertz CT molecular complexity index is 907. The SMILES string of the molecule is Cc1ccc(-n2nc(-c3ccco3)cc2C(=O)NCCN2CCCCC2)cc1. The molecule has 3 aromatic rings. The lowest BCUT2D eigenvalue weighted by Gasteiger charge is -2.26. The molecule has 146 valence electrons. The van der Waals surface area contributed by atoms with Gasteiger partial charge < -0.3 is 14.6 Å². The Morgan fingerprint density at radius 1 is 1.14 bits per heavy atom.